The van der Waals surface area contributed by atoms with Crippen LogP contribution in [0.4, 0.5) is 0 Å². The fourth-order valence-electron chi connectivity index (χ4n) is 1.02. The topological polar surface area (TPSA) is 62.0 Å². The summed E-state index contributed by atoms with van der Waals surface area (Å²) in [6.45, 7) is 4.38. The van der Waals surface area contributed by atoms with Crippen LogP contribution in [0.1, 0.15) is 24.3 Å². The lowest BCUT2D eigenvalue weighted by atomic mass is 10.3. The number of carbonyl (C=O) groups excluding carboxylic acids is 1. The molecule has 1 aromatic rings. The maximum absolute atomic E-state index is 11.5. The van der Waals surface area contributed by atoms with E-state index < -0.39 is 0 Å². The molecular weight excluding hydrogens is 192 g/mol. The summed E-state index contributed by atoms with van der Waals surface area (Å²) in [7, 11) is 0. The molecule has 0 bridgehead atoms. The summed E-state index contributed by atoms with van der Waals surface area (Å²) in [5, 5.41) is 2.67. The third-order valence-corrected chi connectivity index (χ3v) is 1.79. The molecule has 0 saturated carbocycles. The maximum atomic E-state index is 11.5. The molecule has 0 aliphatic heterocycles. The van der Waals surface area contributed by atoms with Crippen molar-refractivity contribution >= 4 is 5.91 Å². The summed E-state index contributed by atoms with van der Waals surface area (Å²) >= 11 is 0. The quantitative estimate of drug-likeness (QED) is 0.727. The van der Waals surface area contributed by atoms with Gasteiger partial charge in [-0.1, -0.05) is 17.7 Å². The zero-order chi connectivity index (χ0) is 11.3. The molecule has 15 heavy (non-hydrogen) atoms. The first kappa shape index (κ1) is 11.2. The zero-order valence-corrected chi connectivity index (χ0v) is 8.83. The largest absolute Gasteiger partial charge is 0.347 e. The molecule has 80 valence electrons. The molecular formula is C11H14N2O2. The Balaban J connectivity index is 2.62. The van der Waals surface area contributed by atoms with Gasteiger partial charge in [-0.3, -0.25) is 9.59 Å². The van der Waals surface area contributed by atoms with Crippen molar-refractivity contribution in [2.24, 2.45) is 0 Å². The molecule has 2 N–H and O–H groups in total. The van der Waals surface area contributed by atoms with E-state index in [1.54, 1.807) is 12.1 Å². The molecule has 0 spiro atoms. The second-order valence-corrected chi connectivity index (χ2v) is 3.42. The van der Waals surface area contributed by atoms with E-state index in [2.05, 4.69) is 10.3 Å². The number of H-pyrrole nitrogens is 1. The van der Waals surface area contributed by atoms with E-state index >= 15 is 0 Å². The van der Waals surface area contributed by atoms with Gasteiger partial charge in [-0.2, -0.15) is 0 Å². The van der Waals surface area contributed by atoms with Crippen molar-refractivity contribution in [2.75, 3.05) is 6.54 Å². The maximum Gasteiger partial charge on any atom is 0.268 e. The van der Waals surface area contributed by atoms with E-state index in [1.165, 1.54) is 6.07 Å². The highest BCUT2D eigenvalue weighted by Gasteiger charge is 2.03. The molecule has 0 unspecified atom stereocenters. The van der Waals surface area contributed by atoms with Crippen LogP contribution in [0.25, 0.3) is 0 Å². The van der Waals surface area contributed by atoms with Crippen LogP contribution < -0.4 is 10.9 Å². The second-order valence-electron chi connectivity index (χ2n) is 3.42. The number of hydrogen-bond donors (Lipinski definition) is 2. The molecule has 1 rings (SSSR count). The van der Waals surface area contributed by atoms with Gasteiger partial charge in [-0.05, 0) is 19.9 Å². The molecule has 1 amide bonds. The summed E-state index contributed by atoms with van der Waals surface area (Å²) in [4.78, 5) is 24.9. The number of allylic oxidation sites excluding steroid dienone is 1. The van der Waals surface area contributed by atoms with Crippen LogP contribution in [-0.2, 0) is 0 Å². The fraction of sp³-hybridized carbons (Fsp3) is 0.273. The SMILES string of the molecule is CC(C)=CCNC(=O)c1cccc(=O)[nH]1. The predicted molar refractivity (Wildman–Crippen MR) is 58.8 cm³/mol. The van der Waals surface area contributed by atoms with Gasteiger partial charge in [0.1, 0.15) is 5.69 Å². The average Bonchev–Trinajstić information content (AvgIpc) is 2.17. The Labute approximate surface area is 88.0 Å². The number of amides is 1. The number of aromatic nitrogens is 1. The number of nitrogens with one attached hydrogen (secondary N) is 2. The Hall–Kier alpha value is -1.84. The van der Waals surface area contributed by atoms with Crippen LogP contribution in [0.2, 0.25) is 0 Å². The van der Waals surface area contributed by atoms with Crippen molar-refractivity contribution in [1.29, 1.82) is 0 Å². The summed E-state index contributed by atoms with van der Waals surface area (Å²) in [6, 6.07) is 4.49. The third-order valence-electron chi connectivity index (χ3n) is 1.79. The van der Waals surface area contributed by atoms with Crippen LogP contribution in [-0.4, -0.2) is 17.4 Å². The van der Waals surface area contributed by atoms with Crippen LogP contribution in [0.5, 0.6) is 0 Å². The van der Waals surface area contributed by atoms with E-state index in [4.69, 9.17) is 0 Å². The van der Waals surface area contributed by atoms with Gasteiger partial charge in [0.2, 0.25) is 5.56 Å². The first-order valence-electron chi connectivity index (χ1n) is 4.70. The lowest BCUT2D eigenvalue weighted by molar-refractivity contribution is 0.0953. The summed E-state index contributed by atoms with van der Waals surface area (Å²) in [5.74, 6) is -0.273. The lowest BCUT2D eigenvalue weighted by Gasteiger charge is -2.01. The summed E-state index contributed by atoms with van der Waals surface area (Å²) in [5.41, 5.74) is 1.14. The standard InChI is InChI=1S/C11H14N2O2/c1-8(2)6-7-12-11(15)9-4-3-5-10(14)13-9/h3-6H,7H2,1-2H3,(H,12,15)(H,13,14). The number of hydrogen-bond acceptors (Lipinski definition) is 2. The lowest BCUT2D eigenvalue weighted by Crippen LogP contribution is -2.26. The molecule has 0 radical (unpaired) electrons. The minimum absolute atomic E-state index is 0.273. The molecule has 1 heterocycles. The van der Waals surface area contributed by atoms with Gasteiger partial charge in [0.05, 0.1) is 0 Å². The second kappa shape index (κ2) is 5.14. The molecule has 0 atom stereocenters. The number of carbonyl (C=O) groups is 1. The van der Waals surface area contributed by atoms with Crippen molar-refractivity contribution in [3.8, 4) is 0 Å². The van der Waals surface area contributed by atoms with Crippen molar-refractivity contribution < 1.29 is 4.79 Å². The van der Waals surface area contributed by atoms with Crippen molar-refractivity contribution in [3.63, 3.8) is 0 Å². The highest BCUT2D eigenvalue weighted by atomic mass is 16.2. The van der Waals surface area contributed by atoms with E-state index in [1.807, 2.05) is 19.9 Å². The van der Waals surface area contributed by atoms with E-state index in [-0.39, 0.29) is 17.2 Å². The zero-order valence-electron chi connectivity index (χ0n) is 8.83. The molecule has 0 saturated heterocycles. The molecule has 0 aliphatic carbocycles. The molecule has 0 aromatic carbocycles. The highest BCUT2D eigenvalue weighted by Crippen LogP contribution is 1.90. The van der Waals surface area contributed by atoms with Crippen molar-refractivity contribution in [3.05, 3.63) is 45.9 Å². The van der Waals surface area contributed by atoms with Gasteiger partial charge in [0.15, 0.2) is 0 Å². The number of aromatic amines is 1. The Morgan fingerprint density at radius 3 is 2.80 bits per heavy atom. The van der Waals surface area contributed by atoms with Gasteiger partial charge in [-0.25, -0.2) is 0 Å². The first-order chi connectivity index (χ1) is 7.09. The fourth-order valence-corrected chi connectivity index (χ4v) is 1.02. The highest BCUT2D eigenvalue weighted by molar-refractivity contribution is 5.92. The van der Waals surface area contributed by atoms with E-state index in [9.17, 15) is 9.59 Å². The monoisotopic (exact) mass is 206 g/mol. The Morgan fingerprint density at radius 2 is 2.20 bits per heavy atom. The average molecular weight is 206 g/mol. The van der Waals surface area contributed by atoms with Crippen LogP contribution in [0.15, 0.2) is 34.6 Å². The van der Waals surface area contributed by atoms with Gasteiger partial charge < -0.3 is 10.3 Å². The summed E-state index contributed by atoms with van der Waals surface area (Å²) < 4.78 is 0. The van der Waals surface area contributed by atoms with Crippen molar-refractivity contribution in [2.45, 2.75) is 13.8 Å². The Kier molecular flexibility index (Phi) is 3.85. The van der Waals surface area contributed by atoms with Gasteiger partial charge in [0, 0.05) is 12.6 Å². The predicted octanol–water partition coefficient (Wildman–Crippen LogP) is 1.07. The third kappa shape index (κ3) is 3.81. The normalized spacial score (nSPS) is 9.47. The van der Waals surface area contributed by atoms with Gasteiger partial charge >= 0.3 is 0 Å². The molecule has 4 heteroatoms. The van der Waals surface area contributed by atoms with Crippen LogP contribution in [0.3, 0.4) is 0 Å². The van der Waals surface area contributed by atoms with Crippen LogP contribution >= 0.6 is 0 Å². The molecule has 0 aliphatic rings. The number of rotatable bonds is 3. The number of pyridine rings is 1. The Morgan fingerprint density at radius 1 is 1.47 bits per heavy atom. The first-order valence-corrected chi connectivity index (χ1v) is 4.70. The van der Waals surface area contributed by atoms with Gasteiger partial charge in [0.25, 0.3) is 5.91 Å². The minimum atomic E-state index is -0.273. The van der Waals surface area contributed by atoms with E-state index in [0.717, 1.165) is 5.57 Å². The molecule has 0 fully saturated rings. The minimum Gasteiger partial charge on any atom is -0.347 e. The van der Waals surface area contributed by atoms with E-state index in [0.29, 0.717) is 6.54 Å². The van der Waals surface area contributed by atoms with Gasteiger partial charge in [-0.15, -0.1) is 0 Å². The Bertz CT molecular complexity index is 428. The smallest absolute Gasteiger partial charge is 0.268 e. The van der Waals surface area contributed by atoms with Crippen molar-refractivity contribution in [1.82, 2.24) is 10.3 Å². The molecule has 4 nitrogen and oxygen atoms in total. The van der Waals surface area contributed by atoms with Crippen LogP contribution in [0, 0.1) is 0 Å². The molecule has 1 aromatic heterocycles. The summed E-state index contributed by atoms with van der Waals surface area (Å²) in [6.07, 6.45) is 1.90.